The Morgan fingerprint density at radius 3 is 2.81 bits per heavy atom. The molecule has 1 rings (SSSR count). The molecule has 1 atom stereocenters. The Bertz CT molecular complexity index is 439. The fourth-order valence-corrected chi connectivity index (χ4v) is 1.44. The maximum Gasteiger partial charge on any atom is 0.254 e. The van der Waals surface area contributed by atoms with Gasteiger partial charge in [-0.3, -0.25) is 4.79 Å². The lowest BCUT2D eigenvalue weighted by molar-refractivity contribution is 0.0945. The maximum absolute atomic E-state index is 13.3. The number of hydrogen-bond acceptors (Lipinski definition) is 2. The van der Waals surface area contributed by atoms with Crippen molar-refractivity contribution in [2.24, 2.45) is 5.73 Å². The van der Waals surface area contributed by atoms with Crippen molar-refractivity contribution in [3.8, 4) is 0 Å². The molecule has 0 spiro atoms. The monoisotopic (exact) mass is 304 g/mol. The first-order chi connectivity index (χ1) is 7.41. The highest BCUT2D eigenvalue weighted by Crippen LogP contribution is 2.15. The molecule has 0 bridgehead atoms. The lowest BCUT2D eigenvalue weighted by Gasteiger charge is -2.12. The molecule has 0 aliphatic carbocycles. The minimum atomic E-state index is -0.587. The lowest BCUT2D eigenvalue weighted by Crippen LogP contribution is -2.41. The molecule has 0 heterocycles. The van der Waals surface area contributed by atoms with Crippen molar-refractivity contribution in [1.29, 1.82) is 0 Å². The molecule has 1 unspecified atom stereocenters. The van der Waals surface area contributed by atoms with Gasteiger partial charge in [-0.05, 0) is 25.1 Å². The Balaban J connectivity index is 2.88. The molecule has 0 aromatic heterocycles. The summed E-state index contributed by atoms with van der Waals surface area (Å²) in [7, 11) is 0. The highest BCUT2D eigenvalue weighted by Gasteiger charge is 2.15. The van der Waals surface area contributed by atoms with Gasteiger partial charge in [0, 0.05) is 4.47 Å². The van der Waals surface area contributed by atoms with E-state index in [9.17, 15) is 9.18 Å². The largest absolute Gasteiger partial charge is 0.392 e. The number of rotatable bonds is 3. The fraction of sp³-hybridized carbons (Fsp3) is 0.200. The number of benzene rings is 1. The number of carbonyl (C=O) groups excluding carboxylic acids is 1. The lowest BCUT2D eigenvalue weighted by atomic mass is 10.2. The summed E-state index contributed by atoms with van der Waals surface area (Å²) in [6.45, 7) is 1.64. The van der Waals surface area contributed by atoms with E-state index in [0.29, 0.717) is 4.47 Å². The van der Waals surface area contributed by atoms with Crippen LogP contribution in [0.5, 0.6) is 0 Å². The second-order valence-corrected chi connectivity index (χ2v) is 4.61. The van der Waals surface area contributed by atoms with Gasteiger partial charge >= 0.3 is 0 Å². The molecule has 0 aliphatic rings. The van der Waals surface area contributed by atoms with Crippen LogP contribution in [0.25, 0.3) is 0 Å². The van der Waals surface area contributed by atoms with E-state index in [1.807, 2.05) is 0 Å². The molecule has 0 saturated heterocycles. The molecule has 0 aliphatic heterocycles. The van der Waals surface area contributed by atoms with Gasteiger partial charge in [0.25, 0.3) is 5.91 Å². The Morgan fingerprint density at radius 1 is 1.62 bits per heavy atom. The molecule has 3 nitrogen and oxygen atoms in total. The van der Waals surface area contributed by atoms with Crippen LogP contribution in [0.15, 0.2) is 22.7 Å². The van der Waals surface area contributed by atoms with Crippen molar-refractivity contribution in [2.45, 2.75) is 13.0 Å². The normalized spacial score (nSPS) is 11.9. The number of thiocarbonyl (C=S) groups is 1. The van der Waals surface area contributed by atoms with Crippen molar-refractivity contribution < 1.29 is 9.18 Å². The first-order valence-corrected chi connectivity index (χ1v) is 5.67. The quantitative estimate of drug-likeness (QED) is 0.840. The molecule has 86 valence electrons. The summed E-state index contributed by atoms with van der Waals surface area (Å²) in [4.78, 5) is 11.8. The zero-order valence-electron chi connectivity index (χ0n) is 8.46. The van der Waals surface area contributed by atoms with Crippen LogP contribution in [0, 0.1) is 5.82 Å². The number of nitrogens with one attached hydrogen (secondary N) is 1. The first kappa shape index (κ1) is 13.1. The van der Waals surface area contributed by atoms with Crippen LogP contribution in [-0.4, -0.2) is 16.9 Å². The number of hydrogen-bond donors (Lipinski definition) is 2. The van der Waals surface area contributed by atoms with Crippen molar-refractivity contribution in [3.05, 3.63) is 34.1 Å². The van der Waals surface area contributed by atoms with Gasteiger partial charge in [0.05, 0.1) is 16.6 Å². The van der Waals surface area contributed by atoms with E-state index in [0.717, 1.165) is 0 Å². The SMILES string of the molecule is CC(NC(=O)c1cc(Br)ccc1F)C(N)=S. The molecule has 1 aromatic carbocycles. The predicted molar refractivity (Wildman–Crippen MR) is 67.8 cm³/mol. The van der Waals surface area contributed by atoms with Crippen molar-refractivity contribution in [1.82, 2.24) is 5.32 Å². The summed E-state index contributed by atoms with van der Waals surface area (Å²) in [5, 5.41) is 2.50. The van der Waals surface area contributed by atoms with E-state index in [-0.39, 0.29) is 10.6 Å². The second-order valence-electron chi connectivity index (χ2n) is 3.22. The molecule has 16 heavy (non-hydrogen) atoms. The van der Waals surface area contributed by atoms with E-state index in [4.69, 9.17) is 18.0 Å². The standard InChI is InChI=1S/C10H10BrFN2OS/c1-5(9(13)16)14-10(15)7-4-6(11)2-3-8(7)12/h2-5H,1H3,(H2,13,16)(H,14,15). The van der Waals surface area contributed by atoms with Crippen LogP contribution in [0.3, 0.4) is 0 Å². The Kier molecular flexibility index (Phi) is 4.37. The highest BCUT2D eigenvalue weighted by molar-refractivity contribution is 9.10. The average Bonchev–Trinajstić information content (AvgIpc) is 2.21. The maximum atomic E-state index is 13.3. The van der Waals surface area contributed by atoms with Crippen LogP contribution in [-0.2, 0) is 0 Å². The van der Waals surface area contributed by atoms with Crippen LogP contribution < -0.4 is 11.1 Å². The van der Waals surface area contributed by atoms with Crippen LogP contribution >= 0.6 is 28.1 Å². The van der Waals surface area contributed by atoms with Gasteiger partial charge in [-0.1, -0.05) is 28.1 Å². The second kappa shape index (κ2) is 5.36. The number of nitrogens with two attached hydrogens (primary N) is 1. The van der Waals surface area contributed by atoms with Gasteiger partial charge in [0.15, 0.2) is 0 Å². The minimum Gasteiger partial charge on any atom is -0.392 e. The third kappa shape index (κ3) is 3.24. The highest BCUT2D eigenvalue weighted by atomic mass is 79.9. The molecule has 6 heteroatoms. The zero-order chi connectivity index (χ0) is 12.3. The molecule has 0 saturated carbocycles. The Labute approximate surface area is 106 Å². The summed E-state index contributed by atoms with van der Waals surface area (Å²) in [6.07, 6.45) is 0. The van der Waals surface area contributed by atoms with Gasteiger partial charge in [0.1, 0.15) is 5.82 Å². The average molecular weight is 305 g/mol. The number of halogens is 2. The summed E-state index contributed by atoms with van der Waals surface area (Å²) in [5.74, 6) is -1.13. The van der Waals surface area contributed by atoms with Gasteiger partial charge in [-0.15, -0.1) is 0 Å². The molecule has 0 radical (unpaired) electrons. The fourth-order valence-electron chi connectivity index (χ4n) is 1.02. The Morgan fingerprint density at radius 2 is 2.25 bits per heavy atom. The van der Waals surface area contributed by atoms with Crippen LogP contribution in [0.4, 0.5) is 4.39 Å². The Hall–Kier alpha value is -1.01. The zero-order valence-corrected chi connectivity index (χ0v) is 10.9. The number of carbonyl (C=O) groups is 1. The molecule has 1 aromatic rings. The van der Waals surface area contributed by atoms with E-state index < -0.39 is 17.8 Å². The molecular weight excluding hydrogens is 295 g/mol. The third-order valence-corrected chi connectivity index (χ3v) is 2.79. The van der Waals surface area contributed by atoms with Crippen LogP contribution in [0.1, 0.15) is 17.3 Å². The summed E-state index contributed by atoms with van der Waals surface area (Å²) < 4.78 is 14.0. The van der Waals surface area contributed by atoms with Gasteiger partial charge in [-0.2, -0.15) is 0 Å². The van der Waals surface area contributed by atoms with Crippen molar-refractivity contribution in [2.75, 3.05) is 0 Å². The summed E-state index contributed by atoms with van der Waals surface area (Å²) >= 11 is 7.87. The van der Waals surface area contributed by atoms with E-state index in [1.165, 1.54) is 18.2 Å². The molecule has 0 fully saturated rings. The van der Waals surface area contributed by atoms with Gasteiger partial charge < -0.3 is 11.1 Å². The number of amides is 1. The van der Waals surface area contributed by atoms with Crippen molar-refractivity contribution in [3.63, 3.8) is 0 Å². The summed E-state index contributed by atoms with van der Waals surface area (Å²) in [5.41, 5.74) is 5.30. The van der Waals surface area contributed by atoms with E-state index >= 15 is 0 Å². The van der Waals surface area contributed by atoms with Gasteiger partial charge in [0.2, 0.25) is 0 Å². The topological polar surface area (TPSA) is 55.1 Å². The molecule has 1 amide bonds. The summed E-state index contributed by atoms with van der Waals surface area (Å²) in [6, 6.07) is 3.66. The van der Waals surface area contributed by atoms with Crippen LogP contribution in [0.2, 0.25) is 0 Å². The predicted octanol–water partition coefficient (Wildman–Crippen LogP) is 1.99. The smallest absolute Gasteiger partial charge is 0.254 e. The van der Waals surface area contributed by atoms with Crippen molar-refractivity contribution >= 4 is 39.0 Å². The van der Waals surface area contributed by atoms with Gasteiger partial charge in [-0.25, -0.2) is 4.39 Å². The third-order valence-electron chi connectivity index (χ3n) is 1.95. The first-order valence-electron chi connectivity index (χ1n) is 4.47. The van der Waals surface area contributed by atoms with E-state index in [2.05, 4.69) is 21.2 Å². The minimum absolute atomic E-state index is 0.0440. The molecular formula is C10H10BrFN2OS. The van der Waals surface area contributed by atoms with E-state index in [1.54, 1.807) is 6.92 Å². The molecule has 3 N–H and O–H groups in total.